The third kappa shape index (κ3) is 1.42. The lowest BCUT2D eigenvalue weighted by Crippen LogP contribution is -2.70. The van der Waals surface area contributed by atoms with Crippen molar-refractivity contribution in [1.29, 1.82) is 0 Å². The van der Waals surface area contributed by atoms with Crippen LogP contribution >= 0.6 is 0 Å². The molecule has 0 bridgehead atoms. The maximum atomic E-state index is 10.9. The fourth-order valence-electron chi connectivity index (χ4n) is 0.692. The fourth-order valence-corrected chi connectivity index (χ4v) is 0.692. The first-order valence-electron chi connectivity index (χ1n) is 3.20. The monoisotopic (exact) mass is 171 g/mol. The van der Waals surface area contributed by atoms with E-state index >= 15 is 0 Å². The first-order chi connectivity index (χ1) is 5.66. The Morgan fingerprint density at radius 2 is 2.25 bits per heavy atom. The lowest BCUT2D eigenvalue weighted by Gasteiger charge is -2.33. The first-order valence-corrected chi connectivity index (χ1v) is 3.20. The van der Waals surface area contributed by atoms with E-state index in [2.05, 4.69) is 17.5 Å². The van der Waals surface area contributed by atoms with Gasteiger partial charge in [-0.05, 0) is 0 Å². The normalized spacial score (nSPS) is 19.2. The molecule has 0 aliphatic carbocycles. The molecule has 0 saturated carbocycles. The van der Waals surface area contributed by atoms with E-state index in [1.807, 2.05) is 0 Å². The van der Waals surface area contributed by atoms with Gasteiger partial charge in [0.15, 0.2) is 0 Å². The smallest absolute Gasteiger partial charge is 0.268 e. The number of nitrogens with two attached hydrogens (primary N) is 1. The molecule has 66 valence electrons. The maximum absolute atomic E-state index is 10.9. The zero-order valence-electron chi connectivity index (χ0n) is 6.28. The SMILES string of the molecule is C=CCN1NNC(=O)C(=O)N1N. The number of nitrogens with one attached hydrogen (secondary N) is 2. The molecule has 0 unspecified atom stereocenters. The average Bonchev–Trinajstić information content (AvgIpc) is 2.07. The minimum absolute atomic E-state index is 0.308. The van der Waals surface area contributed by atoms with Gasteiger partial charge >= 0.3 is 11.8 Å². The summed E-state index contributed by atoms with van der Waals surface area (Å²) in [5, 5.41) is 1.89. The fraction of sp³-hybridized carbons (Fsp3) is 0.200. The molecular formula is C5H9N5O2. The van der Waals surface area contributed by atoms with Gasteiger partial charge in [-0.3, -0.25) is 15.0 Å². The summed E-state index contributed by atoms with van der Waals surface area (Å²) in [4.78, 5) is 21.5. The zero-order valence-corrected chi connectivity index (χ0v) is 6.28. The minimum atomic E-state index is -0.824. The van der Waals surface area contributed by atoms with Crippen LogP contribution < -0.4 is 16.8 Å². The van der Waals surface area contributed by atoms with Crippen LogP contribution in [-0.4, -0.2) is 28.6 Å². The highest BCUT2D eigenvalue weighted by molar-refractivity contribution is 6.34. The van der Waals surface area contributed by atoms with Crippen LogP contribution in [0.1, 0.15) is 0 Å². The Hall–Kier alpha value is -1.44. The predicted octanol–water partition coefficient (Wildman–Crippen LogP) is -2.36. The Kier molecular flexibility index (Phi) is 2.38. The van der Waals surface area contributed by atoms with Crippen molar-refractivity contribution in [1.82, 2.24) is 21.2 Å². The van der Waals surface area contributed by atoms with Crippen molar-refractivity contribution in [3.8, 4) is 0 Å². The minimum Gasteiger partial charge on any atom is -0.268 e. The number of nitrogens with zero attached hydrogens (tertiary/aromatic N) is 2. The van der Waals surface area contributed by atoms with E-state index in [1.54, 1.807) is 0 Å². The summed E-state index contributed by atoms with van der Waals surface area (Å²) in [6.07, 6.45) is 1.53. The molecule has 0 aromatic rings. The summed E-state index contributed by atoms with van der Waals surface area (Å²) in [5.74, 6) is 3.62. The molecule has 4 N–H and O–H groups in total. The summed E-state index contributed by atoms with van der Waals surface area (Å²) in [5.41, 5.74) is 4.51. The quantitative estimate of drug-likeness (QED) is 0.187. The molecule has 1 fully saturated rings. The third-order valence-electron chi connectivity index (χ3n) is 1.26. The average molecular weight is 171 g/mol. The number of hydrazine groups is 4. The first kappa shape index (κ1) is 8.65. The summed E-state index contributed by atoms with van der Waals surface area (Å²) in [6.45, 7) is 3.75. The predicted molar refractivity (Wildman–Crippen MR) is 39.2 cm³/mol. The molecular weight excluding hydrogens is 162 g/mol. The Morgan fingerprint density at radius 3 is 2.83 bits per heavy atom. The molecule has 0 aromatic carbocycles. The van der Waals surface area contributed by atoms with Gasteiger partial charge in [0.05, 0.1) is 6.54 Å². The molecule has 1 aliphatic heterocycles. The number of rotatable bonds is 2. The van der Waals surface area contributed by atoms with Gasteiger partial charge < -0.3 is 0 Å². The number of carbonyl (C=O) groups excluding carboxylic acids is 2. The number of carbonyl (C=O) groups is 2. The largest absolute Gasteiger partial charge is 0.343 e. The molecule has 0 radical (unpaired) electrons. The number of hydrogen-bond acceptors (Lipinski definition) is 5. The zero-order chi connectivity index (χ0) is 9.14. The van der Waals surface area contributed by atoms with Crippen molar-refractivity contribution in [2.45, 2.75) is 0 Å². The van der Waals surface area contributed by atoms with E-state index in [0.29, 0.717) is 11.7 Å². The summed E-state index contributed by atoms with van der Waals surface area (Å²) < 4.78 is 0. The molecule has 0 aromatic heterocycles. The van der Waals surface area contributed by atoms with Crippen LogP contribution in [0.15, 0.2) is 12.7 Å². The summed E-state index contributed by atoms with van der Waals surface area (Å²) in [7, 11) is 0. The van der Waals surface area contributed by atoms with Crippen LogP contribution in [0.3, 0.4) is 0 Å². The van der Waals surface area contributed by atoms with E-state index in [9.17, 15) is 9.59 Å². The second kappa shape index (κ2) is 3.30. The lowest BCUT2D eigenvalue weighted by molar-refractivity contribution is -0.177. The highest BCUT2D eigenvalue weighted by Gasteiger charge is 2.29. The standard InChI is InChI=1S/C5H9N5O2/c1-2-3-9-8-7-4(11)5(12)10(9)6/h2,8H,1,3,6H2,(H,7,11). The highest BCUT2D eigenvalue weighted by atomic mass is 16.2. The second-order valence-corrected chi connectivity index (χ2v) is 2.09. The Balaban J connectivity index is 2.64. The van der Waals surface area contributed by atoms with E-state index in [-0.39, 0.29) is 0 Å². The molecule has 12 heavy (non-hydrogen) atoms. The molecule has 7 nitrogen and oxygen atoms in total. The van der Waals surface area contributed by atoms with Gasteiger partial charge in [0, 0.05) is 0 Å². The molecule has 1 aliphatic rings. The van der Waals surface area contributed by atoms with E-state index in [0.717, 1.165) is 0 Å². The van der Waals surface area contributed by atoms with Crippen molar-refractivity contribution >= 4 is 11.8 Å². The van der Waals surface area contributed by atoms with E-state index in [4.69, 9.17) is 5.84 Å². The molecule has 2 amide bonds. The van der Waals surface area contributed by atoms with E-state index in [1.165, 1.54) is 11.2 Å². The molecule has 1 heterocycles. The maximum Gasteiger partial charge on any atom is 0.343 e. The van der Waals surface area contributed by atoms with Gasteiger partial charge in [-0.15, -0.1) is 17.2 Å². The van der Waals surface area contributed by atoms with Crippen molar-refractivity contribution < 1.29 is 9.59 Å². The molecule has 1 rings (SSSR count). The second-order valence-electron chi connectivity index (χ2n) is 2.09. The van der Waals surface area contributed by atoms with Crippen molar-refractivity contribution in [3.63, 3.8) is 0 Å². The Labute approximate surface area is 68.7 Å². The van der Waals surface area contributed by atoms with Gasteiger partial charge in [0.25, 0.3) is 0 Å². The van der Waals surface area contributed by atoms with Crippen LogP contribution in [0, 0.1) is 0 Å². The van der Waals surface area contributed by atoms with Crippen LogP contribution in [0.25, 0.3) is 0 Å². The Morgan fingerprint density at radius 1 is 1.58 bits per heavy atom. The molecule has 0 atom stereocenters. The number of hydrogen-bond donors (Lipinski definition) is 3. The van der Waals surface area contributed by atoms with Crippen molar-refractivity contribution in [2.75, 3.05) is 6.54 Å². The van der Waals surface area contributed by atoms with Gasteiger partial charge in [-0.1, -0.05) is 6.08 Å². The molecule has 0 spiro atoms. The van der Waals surface area contributed by atoms with Gasteiger partial charge in [0.1, 0.15) is 0 Å². The third-order valence-corrected chi connectivity index (χ3v) is 1.26. The van der Waals surface area contributed by atoms with Gasteiger partial charge in [-0.25, -0.2) is 5.84 Å². The van der Waals surface area contributed by atoms with Crippen molar-refractivity contribution in [2.24, 2.45) is 5.84 Å². The number of amides is 2. The molecule has 7 heteroatoms. The van der Waals surface area contributed by atoms with Crippen LogP contribution in [0.2, 0.25) is 0 Å². The summed E-state index contributed by atoms with van der Waals surface area (Å²) in [6, 6.07) is 0. The van der Waals surface area contributed by atoms with Gasteiger partial charge in [0.2, 0.25) is 0 Å². The van der Waals surface area contributed by atoms with Gasteiger partial charge in [-0.2, -0.15) is 5.12 Å². The van der Waals surface area contributed by atoms with Crippen molar-refractivity contribution in [3.05, 3.63) is 12.7 Å². The van der Waals surface area contributed by atoms with E-state index < -0.39 is 11.8 Å². The lowest BCUT2D eigenvalue weighted by atomic mass is 10.5. The topological polar surface area (TPSA) is 90.7 Å². The van der Waals surface area contributed by atoms with Crippen LogP contribution in [-0.2, 0) is 9.59 Å². The van der Waals surface area contributed by atoms with Crippen LogP contribution in [0.4, 0.5) is 0 Å². The van der Waals surface area contributed by atoms with Crippen LogP contribution in [0.5, 0.6) is 0 Å². The summed E-state index contributed by atoms with van der Waals surface area (Å²) >= 11 is 0. The Bertz CT molecular complexity index is 228. The highest BCUT2D eigenvalue weighted by Crippen LogP contribution is 1.92. The molecule has 1 saturated heterocycles.